The summed E-state index contributed by atoms with van der Waals surface area (Å²) in [5, 5.41) is 7.59. The van der Waals surface area contributed by atoms with Gasteiger partial charge in [0.2, 0.25) is 0 Å². The van der Waals surface area contributed by atoms with Crippen molar-refractivity contribution in [1.82, 2.24) is 10.3 Å². The normalized spacial score (nSPS) is 13.2. The second-order valence-electron chi connectivity index (χ2n) is 7.09. The molecule has 1 aliphatic carbocycles. The Hall–Kier alpha value is -2.99. The van der Waals surface area contributed by atoms with Crippen molar-refractivity contribution < 1.29 is 9.59 Å². The molecule has 0 aliphatic heterocycles. The number of aromatic nitrogens is 1. The molecule has 6 heteroatoms. The number of benzene rings is 2. The fourth-order valence-electron chi connectivity index (χ4n) is 2.99. The first-order valence-corrected chi connectivity index (χ1v) is 10.2. The number of hydrogen-bond donors (Lipinski definition) is 2. The fourth-order valence-corrected chi connectivity index (χ4v) is 3.52. The maximum atomic E-state index is 12.2. The third-order valence-corrected chi connectivity index (χ3v) is 5.45. The van der Waals surface area contributed by atoms with Crippen LogP contribution in [0.2, 0.25) is 0 Å². The fraction of sp³-hybridized carbons (Fsp3) is 0.227. The number of aryl methyl sites for hydroxylation is 1. The molecule has 0 atom stereocenters. The van der Waals surface area contributed by atoms with Crippen LogP contribution in [0, 0.1) is 12.8 Å². The molecule has 4 rings (SSSR count). The molecule has 0 radical (unpaired) electrons. The summed E-state index contributed by atoms with van der Waals surface area (Å²) in [6.45, 7) is 2.79. The predicted octanol–water partition coefficient (Wildman–Crippen LogP) is 4.51. The molecular weight excluding hydrogens is 370 g/mol. The first-order valence-electron chi connectivity index (χ1n) is 9.29. The van der Waals surface area contributed by atoms with E-state index in [0.29, 0.717) is 22.9 Å². The number of thiazole rings is 1. The average molecular weight is 391 g/mol. The van der Waals surface area contributed by atoms with E-state index in [9.17, 15) is 9.59 Å². The number of hydrogen-bond acceptors (Lipinski definition) is 4. The van der Waals surface area contributed by atoms with Crippen LogP contribution in [-0.4, -0.2) is 23.3 Å². The Morgan fingerprint density at radius 3 is 2.57 bits per heavy atom. The molecule has 1 heterocycles. The summed E-state index contributed by atoms with van der Waals surface area (Å²) in [5.74, 6) is 0.409. The molecule has 5 nitrogen and oxygen atoms in total. The number of carbonyl (C=O) groups excluding carboxylic acids is 2. The van der Waals surface area contributed by atoms with Crippen LogP contribution in [0.25, 0.3) is 11.1 Å². The third-order valence-electron chi connectivity index (χ3n) is 4.87. The number of anilines is 1. The highest BCUT2D eigenvalue weighted by Gasteiger charge is 2.21. The SMILES string of the molecule is Cc1ccc(NC(=O)c2cscn2)cc1-c1ccc(C(=O)NCC2CC2)cc1. The molecule has 0 unspecified atom stereocenters. The van der Waals surface area contributed by atoms with Gasteiger partial charge >= 0.3 is 0 Å². The summed E-state index contributed by atoms with van der Waals surface area (Å²) >= 11 is 1.39. The van der Waals surface area contributed by atoms with Crippen LogP contribution in [-0.2, 0) is 0 Å². The van der Waals surface area contributed by atoms with E-state index >= 15 is 0 Å². The monoisotopic (exact) mass is 391 g/mol. The van der Waals surface area contributed by atoms with Gasteiger partial charge in [-0.1, -0.05) is 18.2 Å². The van der Waals surface area contributed by atoms with E-state index < -0.39 is 0 Å². The molecule has 1 aromatic heterocycles. The topological polar surface area (TPSA) is 71.1 Å². The van der Waals surface area contributed by atoms with Crippen LogP contribution in [0.5, 0.6) is 0 Å². The summed E-state index contributed by atoms with van der Waals surface area (Å²) in [7, 11) is 0. The molecule has 0 bridgehead atoms. The van der Waals surface area contributed by atoms with Crippen molar-refractivity contribution in [3.63, 3.8) is 0 Å². The third kappa shape index (κ3) is 4.28. The van der Waals surface area contributed by atoms with Gasteiger partial charge in [0.1, 0.15) is 5.69 Å². The summed E-state index contributed by atoms with van der Waals surface area (Å²) in [6, 6.07) is 13.4. The Labute approximate surface area is 167 Å². The Kier molecular flexibility index (Phi) is 5.21. The van der Waals surface area contributed by atoms with E-state index in [4.69, 9.17) is 0 Å². The summed E-state index contributed by atoms with van der Waals surface area (Å²) in [6.07, 6.45) is 2.43. The molecule has 1 fully saturated rings. The number of rotatable bonds is 6. The molecular formula is C22H21N3O2S. The molecule has 3 aromatic rings. The van der Waals surface area contributed by atoms with Gasteiger partial charge in [-0.3, -0.25) is 9.59 Å². The first-order chi connectivity index (χ1) is 13.6. The van der Waals surface area contributed by atoms with Crippen LogP contribution >= 0.6 is 11.3 Å². The van der Waals surface area contributed by atoms with Gasteiger partial charge in [-0.05, 0) is 66.6 Å². The Balaban J connectivity index is 1.49. The minimum absolute atomic E-state index is 0.0283. The lowest BCUT2D eigenvalue weighted by Crippen LogP contribution is -2.25. The van der Waals surface area contributed by atoms with Gasteiger partial charge in [-0.15, -0.1) is 11.3 Å². The molecule has 2 amide bonds. The standard InChI is InChI=1S/C22H21N3O2S/c1-14-2-9-18(25-22(27)20-12-28-13-24-20)10-19(14)16-5-7-17(8-6-16)21(26)23-11-15-3-4-15/h2,5-10,12-13,15H,3-4,11H2,1H3,(H,23,26)(H,25,27). The summed E-state index contributed by atoms with van der Waals surface area (Å²) in [5.41, 5.74) is 6.53. The second kappa shape index (κ2) is 7.94. The highest BCUT2D eigenvalue weighted by Crippen LogP contribution is 2.28. The lowest BCUT2D eigenvalue weighted by molar-refractivity contribution is 0.0951. The lowest BCUT2D eigenvalue weighted by Gasteiger charge is -2.11. The first kappa shape index (κ1) is 18.4. The van der Waals surface area contributed by atoms with Crippen LogP contribution < -0.4 is 10.6 Å². The zero-order valence-corrected chi connectivity index (χ0v) is 16.4. The van der Waals surface area contributed by atoms with Gasteiger partial charge in [-0.2, -0.15) is 0 Å². The Morgan fingerprint density at radius 1 is 1.11 bits per heavy atom. The molecule has 1 aliphatic rings. The predicted molar refractivity (Wildman–Crippen MR) is 112 cm³/mol. The van der Waals surface area contributed by atoms with Crippen LogP contribution in [0.4, 0.5) is 5.69 Å². The highest BCUT2D eigenvalue weighted by molar-refractivity contribution is 7.07. The quantitative estimate of drug-likeness (QED) is 0.649. The summed E-state index contributed by atoms with van der Waals surface area (Å²) in [4.78, 5) is 28.5. The molecule has 2 aromatic carbocycles. The van der Waals surface area contributed by atoms with E-state index in [-0.39, 0.29) is 11.8 Å². The maximum Gasteiger partial charge on any atom is 0.275 e. The second-order valence-corrected chi connectivity index (χ2v) is 7.81. The van der Waals surface area contributed by atoms with E-state index in [0.717, 1.165) is 23.2 Å². The van der Waals surface area contributed by atoms with Gasteiger partial charge in [0.05, 0.1) is 5.51 Å². The van der Waals surface area contributed by atoms with Crippen molar-refractivity contribution in [3.05, 3.63) is 70.2 Å². The number of nitrogens with one attached hydrogen (secondary N) is 2. The maximum absolute atomic E-state index is 12.2. The van der Waals surface area contributed by atoms with Crippen LogP contribution in [0.3, 0.4) is 0 Å². The molecule has 2 N–H and O–H groups in total. The molecule has 142 valence electrons. The molecule has 0 spiro atoms. The Bertz CT molecular complexity index is 993. The number of nitrogens with zero attached hydrogens (tertiary/aromatic N) is 1. The minimum atomic E-state index is -0.223. The van der Waals surface area contributed by atoms with Crippen molar-refractivity contribution in [2.45, 2.75) is 19.8 Å². The van der Waals surface area contributed by atoms with Gasteiger partial charge in [0.25, 0.3) is 11.8 Å². The summed E-state index contributed by atoms with van der Waals surface area (Å²) < 4.78 is 0. The Morgan fingerprint density at radius 2 is 1.89 bits per heavy atom. The molecule has 1 saturated carbocycles. The van der Waals surface area contributed by atoms with E-state index in [1.807, 2.05) is 49.4 Å². The average Bonchev–Trinajstić information content (AvgIpc) is 3.38. The zero-order valence-electron chi connectivity index (χ0n) is 15.6. The van der Waals surface area contributed by atoms with Crippen molar-refractivity contribution in [3.8, 4) is 11.1 Å². The van der Waals surface area contributed by atoms with Crippen molar-refractivity contribution in [2.24, 2.45) is 5.92 Å². The molecule has 28 heavy (non-hydrogen) atoms. The van der Waals surface area contributed by atoms with E-state index in [1.165, 1.54) is 24.2 Å². The van der Waals surface area contributed by atoms with Crippen LogP contribution in [0.1, 0.15) is 39.3 Å². The lowest BCUT2D eigenvalue weighted by atomic mass is 9.98. The minimum Gasteiger partial charge on any atom is -0.352 e. The van der Waals surface area contributed by atoms with Crippen molar-refractivity contribution in [1.29, 1.82) is 0 Å². The van der Waals surface area contributed by atoms with Gasteiger partial charge in [0, 0.05) is 23.2 Å². The highest BCUT2D eigenvalue weighted by atomic mass is 32.1. The van der Waals surface area contributed by atoms with E-state index in [1.54, 1.807) is 10.9 Å². The van der Waals surface area contributed by atoms with Crippen LogP contribution in [0.15, 0.2) is 53.4 Å². The molecule has 0 saturated heterocycles. The number of amides is 2. The zero-order chi connectivity index (χ0) is 19.5. The van der Waals surface area contributed by atoms with Gasteiger partial charge in [0.15, 0.2) is 0 Å². The van der Waals surface area contributed by atoms with Gasteiger partial charge < -0.3 is 10.6 Å². The largest absolute Gasteiger partial charge is 0.352 e. The number of carbonyl (C=O) groups is 2. The van der Waals surface area contributed by atoms with Crippen molar-refractivity contribution >= 4 is 28.8 Å². The van der Waals surface area contributed by atoms with E-state index in [2.05, 4.69) is 15.6 Å². The van der Waals surface area contributed by atoms with Gasteiger partial charge in [-0.25, -0.2) is 4.98 Å². The van der Waals surface area contributed by atoms with Crippen molar-refractivity contribution in [2.75, 3.05) is 11.9 Å². The smallest absolute Gasteiger partial charge is 0.275 e.